The Bertz CT molecular complexity index is 1450. The van der Waals surface area contributed by atoms with Crippen LogP contribution in [0.3, 0.4) is 0 Å². The minimum atomic E-state index is -0.763. The van der Waals surface area contributed by atoms with Crippen LogP contribution in [0.1, 0.15) is 36.6 Å². The molecule has 3 heterocycles. The van der Waals surface area contributed by atoms with Gasteiger partial charge in [-0.3, -0.25) is 19.1 Å². The van der Waals surface area contributed by atoms with Gasteiger partial charge in [-0.2, -0.15) is 5.10 Å². The Morgan fingerprint density at radius 1 is 1.08 bits per heavy atom. The minimum Gasteiger partial charge on any atom is -0.343 e. The average Bonchev–Trinajstić information content (AvgIpc) is 3.20. The van der Waals surface area contributed by atoms with Crippen molar-refractivity contribution in [2.24, 2.45) is 0 Å². The van der Waals surface area contributed by atoms with Crippen LogP contribution in [0, 0.1) is 6.92 Å². The summed E-state index contributed by atoms with van der Waals surface area (Å²) in [4.78, 5) is 50.5. The predicted molar refractivity (Wildman–Crippen MR) is 138 cm³/mol. The Morgan fingerprint density at radius 3 is 2.50 bits per heavy atom. The maximum atomic E-state index is 12.9. The van der Waals surface area contributed by atoms with E-state index in [9.17, 15) is 14.4 Å². The molecule has 2 amide bonds. The van der Waals surface area contributed by atoms with Crippen molar-refractivity contribution in [3.63, 3.8) is 0 Å². The van der Waals surface area contributed by atoms with Crippen LogP contribution in [0.2, 0.25) is 0 Å². The standard InChI is InChI=1S/C25H24BrN7O3/c1-4-19(25(36)31-22-7-5-6-21(26)30-22)29-23(35)13-33-20-9-8-16(17-11-27-15(3)28-12-17)10-18(20)24(32-33)14(2)34/h5-12,19H,4,13H2,1-3H3,(H,29,35)(H,30,31,36)/t19-/m0/s1. The van der Waals surface area contributed by atoms with Gasteiger partial charge in [0.15, 0.2) is 5.78 Å². The van der Waals surface area contributed by atoms with Crippen LogP contribution in [-0.2, 0) is 16.1 Å². The Morgan fingerprint density at radius 2 is 1.83 bits per heavy atom. The fourth-order valence-corrected chi connectivity index (χ4v) is 4.04. The number of pyridine rings is 1. The number of halogens is 1. The SMILES string of the molecule is CC[C@H](NC(=O)Cn1nc(C(C)=O)c2cc(-c3cnc(C)nc3)ccc21)C(=O)Nc1cccc(Br)n1. The topological polar surface area (TPSA) is 132 Å². The van der Waals surface area contributed by atoms with E-state index in [-0.39, 0.29) is 23.9 Å². The zero-order chi connectivity index (χ0) is 25.8. The summed E-state index contributed by atoms with van der Waals surface area (Å²) >= 11 is 3.26. The minimum absolute atomic E-state index is 0.157. The van der Waals surface area contributed by atoms with Crippen LogP contribution in [-0.4, -0.2) is 48.4 Å². The molecule has 4 rings (SSSR count). The van der Waals surface area contributed by atoms with Crippen LogP contribution in [0.4, 0.5) is 5.82 Å². The lowest BCUT2D eigenvalue weighted by atomic mass is 10.0. The van der Waals surface area contributed by atoms with Crippen molar-refractivity contribution in [3.05, 3.63) is 64.9 Å². The highest BCUT2D eigenvalue weighted by atomic mass is 79.9. The summed E-state index contributed by atoms with van der Waals surface area (Å²) in [5.41, 5.74) is 2.53. The molecular formula is C25H24BrN7O3. The van der Waals surface area contributed by atoms with E-state index in [2.05, 4.69) is 46.6 Å². The number of nitrogens with one attached hydrogen (secondary N) is 2. The molecule has 10 nitrogen and oxygen atoms in total. The number of fused-ring (bicyclic) bond motifs is 1. The molecule has 0 bridgehead atoms. The summed E-state index contributed by atoms with van der Waals surface area (Å²) in [5.74, 6) is 0.0331. The normalized spacial score (nSPS) is 11.8. The molecule has 184 valence electrons. The van der Waals surface area contributed by atoms with Gasteiger partial charge in [0.1, 0.15) is 34.5 Å². The summed E-state index contributed by atoms with van der Waals surface area (Å²) in [6.45, 7) is 4.88. The number of amides is 2. The fourth-order valence-electron chi connectivity index (χ4n) is 3.70. The Labute approximate surface area is 215 Å². The van der Waals surface area contributed by atoms with Crippen LogP contribution >= 0.6 is 15.9 Å². The maximum absolute atomic E-state index is 12.9. The molecule has 0 saturated carbocycles. The van der Waals surface area contributed by atoms with Crippen LogP contribution in [0.25, 0.3) is 22.0 Å². The van der Waals surface area contributed by atoms with E-state index in [1.54, 1.807) is 50.5 Å². The summed E-state index contributed by atoms with van der Waals surface area (Å²) < 4.78 is 2.05. The van der Waals surface area contributed by atoms with Gasteiger partial charge in [0.25, 0.3) is 0 Å². The van der Waals surface area contributed by atoms with Crippen molar-refractivity contribution in [1.82, 2.24) is 30.0 Å². The van der Waals surface area contributed by atoms with Gasteiger partial charge in [-0.1, -0.05) is 19.1 Å². The average molecular weight is 550 g/mol. The first kappa shape index (κ1) is 25.1. The highest BCUT2D eigenvalue weighted by Gasteiger charge is 2.22. The second kappa shape index (κ2) is 10.7. The first-order chi connectivity index (χ1) is 17.2. The second-order valence-corrected chi connectivity index (χ2v) is 8.99. The van der Waals surface area contributed by atoms with Gasteiger partial charge in [0.2, 0.25) is 11.8 Å². The fraction of sp³-hybridized carbons (Fsp3) is 0.240. The molecule has 0 unspecified atom stereocenters. The third kappa shape index (κ3) is 5.62. The molecule has 0 fully saturated rings. The maximum Gasteiger partial charge on any atom is 0.248 e. The number of rotatable bonds is 8. The van der Waals surface area contributed by atoms with Crippen LogP contribution in [0.5, 0.6) is 0 Å². The molecule has 0 aliphatic heterocycles. The van der Waals surface area contributed by atoms with Crippen molar-refractivity contribution in [3.8, 4) is 11.1 Å². The van der Waals surface area contributed by atoms with E-state index in [0.717, 1.165) is 11.1 Å². The van der Waals surface area contributed by atoms with E-state index < -0.39 is 11.9 Å². The number of Topliss-reactive ketones (excluding diaryl/α,β-unsaturated/α-hetero) is 1. The number of carbonyl (C=O) groups is 3. The number of benzene rings is 1. The molecule has 0 spiro atoms. The summed E-state index contributed by atoms with van der Waals surface area (Å²) in [6.07, 6.45) is 3.81. The van der Waals surface area contributed by atoms with Gasteiger partial charge < -0.3 is 10.6 Å². The highest BCUT2D eigenvalue weighted by molar-refractivity contribution is 9.10. The molecule has 36 heavy (non-hydrogen) atoms. The first-order valence-electron chi connectivity index (χ1n) is 11.3. The van der Waals surface area contributed by atoms with Gasteiger partial charge in [-0.15, -0.1) is 0 Å². The van der Waals surface area contributed by atoms with E-state index in [1.807, 2.05) is 12.1 Å². The lowest BCUT2D eigenvalue weighted by Gasteiger charge is -2.17. The number of aryl methyl sites for hydroxylation is 1. The first-order valence-corrected chi connectivity index (χ1v) is 12.1. The van der Waals surface area contributed by atoms with E-state index >= 15 is 0 Å². The van der Waals surface area contributed by atoms with Crippen molar-refractivity contribution in [2.45, 2.75) is 39.8 Å². The van der Waals surface area contributed by atoms with Crippen LogP contribution < -0.4 is 10.6 Å². The molecule has 4 aromatic rings. The lowest BCUT2D eigenvalue weighted by molar-refractivity contribution is -0.127. The molecule has 1 aromatic carbocycles. The van der Waals surface area contributed by atoms with Gasteiger partial charge >= 0.3 is 0 Å². The largest absolute Gasteiger partial charge is 0.343 e. The molecule has 0 radical (unpaired) electrons. The number of aromatic nitrogens is 5. The lowest BCUT2D eigenvalue weighted by Crippen LogP contribution is -2.44. The quantitative estimate of drug-likeness (QED) is 0.253. The molecule has 0 aliphatic rings. The zero-order valence-electron chi connectivity index (χ0n) is 19.9. The van der Waals surface area contributed by atoms with Crippen molar-refractivity contribution >= 4 is 50.2 Å². The Kier molecular flexibility index (Phi) is 7.49. The zero-order valence-corrected chi connectivity index (χ0v) is 21.5. The third-order valence-corrected chi connectivity index (χ3v) is 5.96. The van der Waals surface area contributed by atoms with E-state index in [4.69, 9.17) is 0 Å². The van der Waals surface area contributed by atoms with Gasteiger partial charge in [0.05, 0.1) is 5.52 Å². The number of anilines is 1. The number of ketones is 1. The van der Waals surface area contributed by atoms with Crippen LogP contribution in [0.15, 0.2) is 53.4 Å². The third-order valence-electron chi connectivity index (χ3n) is 5.52. The monoisotopic (exact) mass is 549 g/mol. The van der Waals surface area contributed by atoms with Gasteiger partial charge in [-0.25, -0.2) is 15.0 Å². The van der Waals surface area contributed by atoms with Crippen molar-refractivity contribution in [1.29, 1.82) is 0 Å². The van der Waals surface area contributed by atoms with Gasteiger partial charge in [-0.05, 0) is 59.1 Å². The van der Waals surface area contributed by atoms with E-state index in [0.29, 0.717) is 33.6 Å². The number of carbonyl (C=O) groups excluding carboxylic acids is 3. The smallest absolute Gasteiger partial charge is 0.248 e. The van der Waals surface area contributed by atoms with E-state index in [1.165, 1.54) is 11.6 Å². The highest BCUT2D eigenvalue weighted by Crippen LogP contribution is 2.26. The molecule has 11 heteroatoms. The molecule has 1 atom stereocenters. The van der Waals surface area contributed by atoms with Gasteiger partial charge in [0, 0.05) is 30.3 Å². The number of hydrogen-bond acceptors (Lipinski definition) is 7. The molecular weight excluding hydrogens is 526 g/mol. The molecule has 0 aliphatic carbocycles. The summed E-state index contributed by atoms with van der Waals surface area (Å²) in [5, 5.41) is 10.5. The molecule has 2 N–H and O–H groups in total. The predicted octanol–water partition coefficient (Wildman–Crippen LogP) is 3.70. The second-order valence-electron chi connectivity index (χ2n) is 8.18. The number of nitrogens with zero attached hydrogens (tertiary/aromatic N) is 5. The Hall–Kier alpha value is -3.99. The summed E-state index contributed by atoms with van der Waals surface area (Å²) in [6, 6.07) is 9.90. The van der Waals surface area contributed by atoms with Crippen molar-refractivity contribution < 1.29 is 14.4 Å². The molecule has 0 saturated heterocycles. The number of hydrogen-bond donors (Lipinski definition) is 2. The Balaban J connectivity index is 1.54. The van der Waals surface area contributed by atoms with Crippen molar-refractivity contribution in [2.75, 3.05) is 5.32 Å². The summed E-state index contributed by atoms with van der Waals surface area (Å²) in [7, 11) is 0. The molecule has 3 aromatic heterocycles.